The molecule has 28 heavy (non-hydrogen) atoms. The molecule has 0 saturated heterocycles. The van der Waals surface area contributed by atoms with Gasteiger partial charge in [0.1, 0.15) is 0 Å². The Morgan fingerprint density at radius 2 is 1.71 bits per heavy atom. The Hall–Kier alpha value is -3.55. The summed E-state index contributed by atoms with van der Waals surface area (Å²) in [6.45, 7) is 6.12. The molecule has 0 aliphatic heterocycles. The molecule has 0 atom stereocenters. The minimum atomic E-state index is -0.490. The lowest BCUT2D eigenvalue weighted by atomic mass is 9.87. The average Bonchev–Trinajstić information content (AvgIpc) is 3.14. The second kappa shape index (κ2) is 7.59. The first-order valence-electron chi connectivity index (χ1n) is 8.59. The minimum Gasteiger partial charge on any atom is -0.452 e. The van der Waals surface area contributed by atoms with E-state index < -0.39 is 10.9 Å². The molecule has 0 spiro atoms. The van der Waals surface area contributed by atoms with Crippen LogP contribution in [0.5, 0.6) is 0 Å². The van der Waals surface area contributed by atoms with Crippen LogP contribution in [0.2, 0.25) is 0 Å². The van der Waals surface area contributed by atoms with E-state index >= 15 is 0 Å². The Balaban J connectivity index is 1.62. The van der Waals surface area contributed by atoms with Crippen molar-refractivity contribution in [3.8, 4) is 11.5 Å². The molecule has 0 bridgehead atoms. The van der Waals surface area contributed by atoms with Crippen LogP contribution in [0.15, 0.2) is 52.9 Å². The van der Waals surface area contributed by atoms with Gasteiger partial charge in [-0.1, -0.05) is 32.9 Å². The van der Waals surface area contributed by atoms with E-state index in [9.17, 15) is 14.9 Å². The Morgan fingerprint density at radius 1 is 1.07 bits per heavy atom. The highest BCUT2D eigenvalue weighted by Gasteiger charge is 2.16. The van der Waals surface area contributed by atoms with Gasteiger partial charge in [0.25, 0.3) is 11.6 Å². The van der Waals surface area contributed by atoms with Gasteiger partial charge in [0.2, 0.25) is 5.89 Å². The summed E-state index contributed by atoms with van der Waals surface area (Å²) in [4.78, 5) is 22.4. The van der Waals surface area contributed by atoms with Crippen LogP contribution < -0.4 is 0 Å². The van der Waals surface area contributed by atoms with Crippen molar-refractivity contribution in [1.82, 2.24) is 10.2 Å². The molecule has 0 unspecified atom stereocenters. The zero-order valence-electron chi connectivity index (χ0n) is 15.7. The summed E-state index contributed by atoms with van der Waals surface area (Å²) >= 11 is 0. The van der Waals surface area contributed by atoms with E-state index in [4.69, 9.17) is 9.15 Å². The number of carbonyl (C=O) groups is 1. The van der Waals surface area contributed by atoms with Gasteiger partial charge in [0.15, 0.2) is 6.61 Å². The number of carbonyl (C=O) groups excluding carboxylic acids is 1. The number of non-ortho nitro benzene ring substituents is 1. The largest absolute Gasteiger partial charge is 0.452 e. The maximum atomic E-state index is 12.2. The van der Waals surface area contributed by atoms with Crippen LogP contribution in [0.1, 0.15) is 42.6 Å². The molecule has 0 radical (unpaired) electrons. The highest BCUT2D eigenvalue weighted by molar-refractivity contribution is 5.89. The molecule has 144 valence electrons. The zero-order chi connectivity index (χ0) is 20.3. The fraction of sp³-hybridized carbons (Fsp3) is 0.250. The van der Waals surface area contributed by atoms with Gasteiger partial charge in [-0.15, -0.1) is 10.2 Å². The highest BCUT2D eigenvalue weighted by Crippen LogP contribution is 2.23. The maximum Gasteiger partial charge on any atom is 0.338 e. The highest BCUT2D eigenvalue weighted by atomic mass is 16.6. The number of nitro groups is 1. The van der Waals surface area contributed by atoms with Gasteiger partial charge < -0.3 is 9.15 Å². The predicted octanol–water partition coefficient (Wildman–Crippen LogP) is 4.30. The van der Waals surface area contributed by atoms with Crippen molar-refractivity contribution in [2.24, 2.45) is 0 Å². The number of hydrogen-bond donors (Lipinski definition) is 0. The van der Waals surface area contributed by atoms with Crippen molar-refractivity contribution in [3.05, 3.63) is 75.7 Å². The topological polar surface area (TPSA) is 108 Å². The molecule has 0 fully saturated rings. The molecule has 0 N–H and O–H groups in total. The standard InChI is InChI=1S/C20H19N3O5/c1-20(2,3)15-8-4-14(5-9-15)19(24)27-12-17-21-22-18(28-17)13-6-10-16(11-7-13)23(25)26/h4-11H,12H2,1-3H3. The first-order valence-corrected chi connectivity index (χ1v) is 8.59. The van der Waals surface area contributed by atoms with Crippen LogP contribution >= 0.6 is 0 Å². The molecule has 0 amide bonds. The van der Waals surface area contributed by atoms with Crippen LogP contribution in [-0.2, 0) is 16.8 Å². The van der Waals surface area contributed by atoms with E-state index in [1.807, 2.05) is 12.1 Å². The lowest BCUT2D eigenvalue weighted by Crippen LogP contribution is -2.12. The van der Waals surface area contributed by atoms with E-state index in [1.54, 1.807) is 12.1 Å². The summed E-state index contributed by atoms with van der Waals surface area (Å²) in [5.74, 6) is -0.168. The fourth-order valence-electron chi connectivity index (χ4n) is 2.47. The first-order chi connectivity index (χ1) is 13.2. The number of hydrogen-bond acceptors (Lipinski definition) is 7. The first kappa shape index (κ1) is 19.2. The number of rotatable bonds is 5. The molecule has 3 aromatic rings. The molecular formula is C20H19N3O5. The van der Waals surface area contributed by atoms with Crippen LogP contribution in [0.3, 0.4) is 0 Å². The SMILES string of the molecule is CC(C)(C)c1ccc(C(=O)OCc2nnc(-c3ccc([N+](=O)[O-])cc3)o2)cc1. The second-order valence-corrected chi connectivity index (χ2v) is 7.21. The molecule has 1 heterocycles. The van der Waals surface area contributed by atoms with Gasteiger partial charge in [-0.25, -0.2) is 4.79 Å². The molecule has 8 nitrogen and oxygen atoms in total. The quantitative estimate of drug-likeness (QED) is 0.368. The lowest BCUT2D eigenvalue weighted by Gasteiger charge is -2.18. The second-order valence-electron chi connectivity index (χ2n) is 7.21. The van der Waals surface area contributed by atoms with Crippen molar-refractivity contribution in [2.75, 3.05) is 0 Å². The van der Waals surface area contributed by atoms with E-state index in [2.05, 4.69) is 31.0 Å². The van der Waals surface area contributed by atoms with Crippen LogP contribution in [0, 0.1) is 10.1 Å². The average molecular weight is 381 g/mol. The van der Waals surface area contributed by atoms with Crippen LogP contribution in [0.4, 0.5) is 5.69 Å². The summed E-state index contributed by atoms with van der Waals surface area (Å²) < 4.78 is 10.7. The normalized spacial score (nSPS) is 11.2. The van der Waals surface area contributed by atoms with Gasteiger partial charge >= 0.3 is 5.97 Å². The molecular weight excluding hydrogens is 362 g/mol. The van der Waals surface area contributed by atoms with Gasteiger partial charge in [0, 0.05) is 17.7 Å². The van der Waals surface area contributed by atoms with Gasteiger partial charge in [-0.3, -0.25) is 10.1 Å². The third kappa shape index (κ3) is 4.40. The third-order valence-electron chi connectivity index (χ3n) is 4.11. The summed E-state index contributed by atoms with van der Waals surface area (Å²) in [5, 5.41) is 18.4. The summed E-state index contributed by atoms with van der Waals surface area (Å²) in [6.07, 6.45) is 0. The summed E-state index contributed by atoms with van der Waals surface area (Å²) in [6, 6.07) is 13.0. The van der Waals surface area contributed by atoms with Crippen molar-refractivity contribution in [2.45, 2.75) is 32.8 Å². The molecule has 0 aliphatic carbocycles. The summed E-state index contributed by atoms with van der Waals surface area (Å²) in [5.41, 5.74) is 2.06. The van der Waals surface area contributed by atoms with E-state index in [0.717, 1.165) is 5.56 Å². The van der Waals surface area contributed by atoms with Gasteiger partial charge in [0.05, 0.1) is 10.5 Å². The Kier molecular flexibility index (Phi) is 5.21. The zero-order valence-corrected chi connectivity index (χ0v) is 15.7. The Bertz CT molecular complexity index is 986. The number of aromatic nitrogens is 2. The maximum absolute atomic E-state index is 12.2. The van der Waals surface area contributed by atoms with E-state index in [-0.39, 0.29) is 29.5 Å². The number of esters is 1. The number of benzene rings is 2. The number of nitro benzene ring substituents is 1. The Morgan fingerprint density at radius 3 is 2.29 bits per heavy atom. The Labute approximate surface area is 161 Å². The third-order valence-corrected chi connectivity index (χ3v) is 4.11. The molecule has 2 aromatic carbocycles. The molecule has 8 heteroatoms. The minimum absolute atomic E-state index is 0.000458. The van der Waals surface area contributed by atoms with Crippen molar-refractivity contribution >= 4 is 11.7 Å². The van der Waals surface area contributed by atoms with Crippen LogP contribution in [-0.4, -0.2) is 21.1 Å². The van der Waals surface area contributed by atoms with Crippen molar-refractivity contribution < 1.29 is 18.9 Å². The molecule has 0 saturated carbocycles. The van der Waals surface area contributed by atoms with Gasteiger partial charge in [-0.2, -0.15) is 0 Å². The van der Waals surface area contributed by atoms with Crippen molar-refractivity contribution in [3.63, 3.8) is 0 Å². The predicted molar refractivity (Wildman–Crippen MR) is 101 cm³/mol. The number of ether oxygens (including phenoxy) is 1. The van der Waals surface area contributed by atoms with E-state index in [1.165, 1.54) is 24.3 Å². The molecule has 1 aromatic heterocycles. The molecule has 0 aliphatic rings. The van der Waals surface area contributed by atoms with Crippen molar-refractivity contribution in [1.29, 1.82) is 0 Å². The smallest absolute Gasteiger partial charge is 0.338 e. The fourth-order valence-corrected chi connectivity index (χ4v) is 2.47. The lowest BCUT2D eigenvalue weighted by molar-refractivity contribution is -0.384. The monoisotopic (exact) mass is 381 g/mol. The molecule has 3 rings (SSSR count). The summed E-state index contributed by atoms with van der Waals surface area (Å²) in [7, 11) is 0. The van der Waals surface area contributed by atoms with Crippen LogP contribution in [0.25, 0.3) is 11.5 Å². The van der Waals surface area contributed by atoms with Gasteiger partial charge in [-0.05, 0) is 35.2 Å². The number of nitrogens with zero attached hydrogens (tertiary/aromatic N) is 3. The van der Waals surface area contributed by atoms with E-state index in [0.29, 0.717) is 11.1 Å².